The second-order valence-corrected chi connectivity index (χ2v) is 5.15. The van der Waals surface area contributed by atoms with Crippen molar-refractivity contribution in [3.63, 3.8) is 0 Å². The van der Waals surface area contributed by atoms with Gasteiger partial charge in [0, 0.05) is 23.4 Å². The molecule has 92 valence electrons. The van der Waals surface area contributed by atoms with Crippen LogP contribution in [0.15, 0.2) is 35.3 Å². The summed E-state index contributed by atoms with van der Waals surface area (Å²) in [6.07, 6.45) is 1.49. The van der Waals surface area contributed by atoms with Gasteiger partial charge in [-0.1, -0.05) is 22.0 Å². The SMILES string of the molecule is C=CCO[C@]1(C)C[C@@H](O)c2cc(Br)ccc2O1. The van der Waals surface area contributed by atoms with Crippen molar-refractivity contribution >= 4 is 15.9 Å². The Balaban J connectivity index is 2.26. The van der Waals surface area contributed by atoms with E-state index in [2.05, 4.69) is 22.5 Å². The maximum atomic E-state index is 10.1. The number of hydrogen-bond acceptors (Lipinski definition) is 3. The van der Waals surface area contributed by atoms with Gasteiger partial charge < -0.3 is 14.6 Å². The summed E-state index contributed by atoms with van der Waals surface area (Å²) in [6, 6.07) is 5.58. The molecule has 2 atom stereocenters. The van der Waals surface area contributed by atoms with Crippen LogP contribution in [-0.4, -0.2) is 17.5 Å². The molecule has 0 saturated heterocycles. The molecule has 4 heteroatoms. The number of benzene rings is 1. The highest BCUT2D eigenvalue weighted by molar-refractivity contribution is 9.10. The summed E-state index contributed by atoms with van der Waals surface area (Å²) in [7, 11) is 0. The Morgan fingerprint density at radius 2 is 2.47 bits per heavy atom. The largest absolute Gasteiger partial charge is 0.462 e. The molecule has 1 heterocycles. The minimum atomic E-state index is -0.797. The predicted molar refractivity (Wildman–Crippen MR) is 68.9 cm³/mol. The fourth-order valence-corrected chi connectivity index (χ4v) is 2.31. The van der Waals surface area contributed by atoms with E-state index in [0.717, 1.165) is 10.0 Å². The number of hydrogen-bond donors (Lipinski definition) is 1. The third-order valence-electron chi connectivity index (χ3n) is 2.73. The van der Waals surface area contributed by atoms with Gasteiger partial charge in [0.1, 0.15) is 5.75 Å². The van der Waals surface area contributed by atoms with E-state index in [0.29, 0.717) is 18.8 Å². The first-order valence-corrected chi connectivity index (χ1v) is 6.25. The molecule has 0 radical (unpaired) electrons. The molecule has 1 aliphatic rings. The van der Waals surface area contributed by atoms with E-state index >= 15 is 0 Å². The number of ether oxygens (including phenoxy) is 2. The van der Waals surface area contributed by atoms with Crippen molar-refractivity contribution in [3.05, 3.63) is 40.9 Å². The molecule has 0 bridgehead atoms. The van der Waals surface area contributed by atoms with E-state index in [9.17, 15) is 5.11 Å². The van der Waals surface area contributed by atoms with Crippen molar-refractivity contribution in [1.29, 1.82) is 0 Å². The highest BCUT2D eigenvalue weighted by atomic mass is 79.9. The van der Waals surface area contributed by atoms with E-state index in [1.54, 1.807) is 6.08 Å². The van der Waals surface area contributed by atoms with E-state index in [1.807, 2.05) is 25.1 Å². The van der Waals surface area contributed by atoms with Crippen LogP contribution in [0.3, 0.4) is 0 Å². The van der Waals surface area contributed by atoms with E-state index in [-0.39, 0.29) is 0 Å². The van der Waals surface area contributed by atoms with Crippen LogP contribution in [-0.2, 0) is 4.74 Å². The second-order valence-electron chi connectivity index (χ2n) is 4.24. The Kier molecular flexibility index (Phi) is 3.56. The van der Waals surface area contributed by atoms with E-state index < -0.39 is 11.9 Å². The summed E-state index contributed by atoms with van der Waals surface area (Å²) in [5, 5.41) is 10.1. The zero-order chi connectivity index (χ0) is 12.5. The monoisotopic (exact) mass is 298 g/mol. The fourth-order valence-electron chi connectivity index (χ4n) is 1.93. The van der Waals surface area contributed by atoms with Gasteiger partial charge in [-0.05, 0) is 18.2 Å². The van der Waals surface area contributed by atoms with E-state index in [1.165, 1.54) is 0 Å². The molecule has 0 fully saturated rings. The lowest BCUT2D eigenvalue weighted by Gasteiger charge is -2.37. The van der Waals surface area contributed by atoms with Crippen molar-refractivity contribution in [2.24, 2.45) is 0 Å². The van der Waals surface area contributed by atoms with Gasteiger partial charge in [-0.15, -0.1) is 6.58 Å². The lowest BCUT2D eigenvalue weighted by Crippen LogP contribution is -2.40. The van der Waals surface area contributed by atoms with Crippen molar-refractivity contribution in [3.8, 4) is 5.75 Å². The van der Waals surface area contributed by atoms with Gasteiger partial charge in [0.15, 0.2) is 0 Å². The van der Waals surface area contributed by atoms with Gasteiger partial charge in [-0.25, -0.2) is 0 Å². The zero-order valence-electron chi connectivity index (χ0n) is 9.65. The molecule has 0 unspecified atom stereocenters. The first-order chi connectivity index (χ1) is 8.04. The lowest BCUT2D eigenvalue weighted by molar-refractivity contribution is -0.191. The molecular weight excluding hydrogens is 284 g/mol. The summed E-state index contributed by atoms with van der Waals surface area (Å²) in [4.78, 5) is 0. The summed E-state index contributed by atoms with van der Waals surface area (Å²) in [5.74, 6) is -0.132. The molecule has 0 aliphatic carbocycles. The summed E-state index contributed by atoms with van der Waals surface area (Å²) in [6.45, 7) is 5.82. The third-order valence-corrected chi connectivity index (χ3v) is 3.22. The molecule has 2 rings (SSSR count). The average molecular weight is 299 g/mol. The molecule has 1 N–H and O–H groups in total. The standard InChI is InChI=1S/C13H15BrO3/c1-3-6-16-13(2)8-11(15)10-7-9(14)4-5-12(10)17-13/h3-5,7,11,15H,1,6,8H2,2H3/t11-,13+/m1/s1. The minimum absolute atomic E-state index is 0.398. The second kappa shape index (κ2) is 4.80. The van der Waals surface area contributed by atoms with Crippen LogP contribution < -0.4 is 4.74 Å². The average Bonchev–Trinajstić information content (AvgIpc) is 2.28. The molecule has 0 amide bonds. The van der Waals surface area contributed by atoms with Crippen LogP contribution in [0.25, 0.3) is 0 Å². The van der Waals surface area contributed by atoms with Gasteiger partial charge in [0.05, 0.1) is 12.7 Å². The highest BCUT2D eigenvalue weighted by Gasteiger charge is 2.37. The molecule has 0 spiro atoms. The molecule has 0 saturated carbocycles. The number of aliphatic hydroxyl groups excluding tert-OH is 1. The quantitative estimate of drug-likeness (QED) is 0.871. The summed E-state index contributed by atoms with van der Waals surface area (Å²) < 4.78 is 12.3. The van der Waals surface area contributed by atoms with Gasteiger partial charge in [-0.3, -0.25) is 0 Å². The van der Waals surface area contributed by atoms with Crippen LogP contribution in [0.2, 0.25) is 0 Å². The topological polar surface area (TPSA) is 38.7 Å². The van der Waals surface area contributed by atoms with Gasteiger partial charge in [-0.2, -0.15) is 0 Å². The number of halogens is 1. The zero-order valence-corrected chi connectivity index (χ0v) is 11.2. The molecule has 1 aliphatic heterocycles. The van der Waals surface area contributed by atoms with Crippen LogP contribution >= 0.6 is 15.9 Å². The van der Waals surface area contributed by atoms with Crippen LogP contribution in [0, 0.1) is 0 Å². The molecule has 17 heavy (non-hydrogen) atoms. The maximum Gasteiger partial charge on any atom is 0.210 e. The molecule has 0 aromatic heterocycles. The number of aliphatic hydroxyl groups is 1. The molecular formula is C13H15BrO3. The lowest BCUT2D eigenvalue weighted by atomic mass is 9.98. The Morgan fingerprint density at radius 3 is 3.18 bits per heavy atom. The molecule has 1 aromatic rings. The highest BCUT2D eigenvalue weighted by Crippen LogP contribution is 2.41. The number of rotatable bonds is 3. The van der Waals surface area contributed by atoms with Crippen LogP contribution in [0.5, 0.6) is 5.75 Å². The van der Waals surface area contributed by atoms with Gasteiger partial charge >= 0.3 is 0 Å². The molecule has 3 nitrogen and oxygen atoms in total. The fraction of sp³-hybridized carbons (Fsp3) is 0.385. The first-order valence-electron chi connectivity index (χ1n) is 5.45. The maximum absolute atomic E-state index is 10.1. The summed E-state index contributed by atoms with van der Waals surface area (Å²) >= 11 is 3.38. The first kappa shape index (κ1) is 12.6. The van der Waals surface area contributed by atoms with Gasteiger partial charge in [0.2, 0.25) is 5.79 Å². The van der Waals surface area contributed by atoms with Crippen LogP contribution in [0.1, 0.15) is 25.0 Å². The predicted octanol–water partition coefficient (Wildman–Crippen LogP) is 3.18. The Morgan fingerprint density at radius 1 is 1.71 bits per heavy atom. The third kappa shape index (κ3) is 2.70. The van der Waals surface area contributed by atoms with Crippen LogP contribution in [0.4, 0.5) is 0 Å². The Labute approximate surface area is 109 Å². The van der Waals surface area contributed by atoms with Crippen molar-refractivity contribution in [2.75, 3.05) is 6.61 Å². The normalized spacial score (nSPS) is 27.1. The number of fused-ring (bicyclic) bond motifs is 1. The van der Waals surface area contributed by atoms with E-state index in [4.69, 9.17) is 9.47 Å². The van der Waals surface area contributed by atoms with Crippen molar-refractivity contribution in [2.45, 2.75) is 25.2 Å². The minimum Gasteiger partial charge on any atom is -0.462 e. The Bertz CT molecular complexity index is 433. The molecule has 1 aromatic carbocycles. The summed E-state index contributed by atoms with van der Waals surface area (Å²) in [5.41, 5.74) is 0.791. The Hall–Kier alpha value is -0.840. The van der Waals surface area contributed by atoms with Gasteiger partial charge in [0.25, 0.3) is 0 Å². The van der Waals surface area contributed by atoms with Crippen molar-refractivity contribution in [1.82, 2.24) is 0 Å². The van der Waals surface area contributed by atoms with Crippen molar-refractivity contribution < 1.29 is 14.6 Å². The smallest absolute Gasteiger partial charge is 0.210 e.